The molecule has 0 bridgehead atoms. The lowest BCUT2D eigenvalue weighted by Gasteiger charge is -2.39. The third-order valence-corrected chi connectivity index (χ3v) is 7.75. The van der Waals surface area contributed by atoms with Crippen molar-refractivity contribution in [3.05, 3.63) is 76.6 Å². The van der Waals surface area contributed by atoms with Crippen LogP contribution in [0, 0.1) is 13.8 Å². The van der Waals surface area contributed by atoms with Gasteiger partial charge in [-0.3, -0.25) is 19.2 Å². The number of carboxylic acids is 3. The van der Waals surface area contributed by atoms with Crippen molar-refractivity contribution < 1.29 is 49.4 Å². The molecule has 13 heteroatoms. The summed E-state index contributed by atoms with van der Waals surface area (Å²) in [5, 5.41) is 49.7. The third kappa shape index (κ3) is 9.27. The smallest absolute Gasteiger partial charge is 0.336 e. The second-order valence-electron chi connectivity index (χ2n) is 11.2. The Bertz CT molecular complexity index is 1480. The average Bonchev–Trinajstić information content (AvgIpc) is 3.29. The van der Waals surface area contributed by atoms with E-state index in [2.05, 4.69) is 35.1 Å². The van der Waals surface area contributed by atoms with E-state index in [0.29, 0.717) is 19.4 Å². The monoisotopic (exact) mass is 627 g/mol. The minimum atomic E-state index is -2.74. The highest BCUT2D eigenvalue weighted by Gasteiger charge is 2.41. The van der Waals surface area contributed by atoms with Crippen LogP contribution in [0.3, 0.4) is 0 Å². The number of para-hydroxylation sites is 1. The van der Waals surface area contributed by atoms with Crippen molar-refractivity contribution in [3.8, 4) is 11.5 Å². The van der Waals surface area contributed by atoms with E-state index in [1.54, 1.807) is 14.2 Å². The summed E-state index contributed by atoms with van der Waals surface area (Å²) in [5.74, 6) is -3.38. The molecule has 45 heavy (non-hydrogen) atoms. The Labute approximate surface area is 261 Å². The molecule has 1 aromatic heterocycles. The molecule has 3 aromatic rings. The van der Waals surface area contributed by atoms with Gasteiger partial charge in [-0.2, -0.15) is 5.10 Å². The van der Waals surface area contributed by atoms with Gasteiger partial charge in [0, 0.05) is 36.5 Å². The van der Waals surface area contributed by atoms with E-state index >= 15 is 0 Å². The highest BCUT2D eigenvalue weighted by molar-refractivity contribution is 5.88. The number of carboxylic acid groups (broad SMARTS) is 3. The van der Waals surface area contributed by atoms with Crippen LogP contribution in [0.15, 0.2) is 48.5 Å². The van der Waals surface area contributed by atoms with E-state index in [4.69, 9.17) is 29.9 Å². The van der Waals surface area contributed by atoms with E-state index in [9.17, 15) is 19.5 Å². The number of ether oxygens (including phenoxy) is 2. The van der Waals surface area contributed by atoms with E-state index in [-0.39, 0.29) is 0 Å². The minimum Gasteiger partial charge on any atom is -0.496 e. The van der Waals surface area contributed by atoms with Gasteiger partial charge in [0.2, 0.25) is 0 Å². The molecule has 5 N–H and O–H groups in total. The maximum absolute atomic E-state index is 11.3. The first kappa shape index (κ1) is 35.0. The summed E-state index contributed by atoms with van der Waals surface area (Å²) in [6, 6.07) is 16.3. The summed E-state index contributed by atoms with van der Waals surface area (Å²) >= 11 is 0. The Morgan fingerprint density at radius 2 is 1.49 bits per heavy atom. The second-order valence-corrected chi connectivity index (χ2v) is 11.2. The number of aryl methyl sites for hydroxylation is 2. The molecule has 4 rings (SSSR count). The van der Waals surface area contributed by atoms with E-state index in [1.165, 1.54) is 5.56 Å². The predicted octanol–water partition coefficient (Wildman–Crippen LogP) is 2.80. The van der Waals surface area contributed by atoms with Crippen molar-refractivity contribution >= 4 is 17.9 Å². The summed E-state index contributed by atoms with van der Waals surface area (Å²) in [6.45, 7) is 7.27. The number of rotatable bonds is 12. The third-order valence-electron chi connectivity index (χ3n) is 7.75. The summed E-state index contributed by atoms with van der Waals surface area (Å²) in [4.78, 5) is 32.9. The molecule has 2 aromatic carbocycles. The van der Waals surface area contributed by atoms with Crippen LogP contribution in [-0.2, 0) is 33.1 Å². The first-order valence-electron chi connectivity index (χ1n) is 14.3. The first-order chi connectivity index (χ1) is 21.2. The molecule has 1 fully saturated rings. The van der Waals surface area contributed by atoms with Gasteiger partial charge in [-0.05, 0) is 56.5 Å². The SMILES string of the molecule is COc1ccc(CN2CCC(O)(c3ccccc3OC)CC2)cc1Cn1nc(C)cc1C.O=C(O)CC(O)(CC(=O)O)C(=O)O. The molecule has 244 valence electrons. The van der Waals surface area contributed by atoms with Crippen LogP contribution in [0.25, 0.3) is 0 Å². The summed E-state index contributed by atoms with van der Waals surface area (Å²) in [5.41, 5.74) is 1.83. The van der Waals surface area contributed by atoms with Crippen LogP contribution in [0.5, 0.6) is 11.5 Å². The molecule has 0 aliphatic carbocycles. The standard InChI is InChI=1S/C26H33N3O3.C6H8O7/c1-19-15-20(2)29(27-19)18-22-16-21(9-10-24(22)31-3)17-28-13-11-26(30,12-14-28)23-7-5-6-8-25(23)32-4;7-3(8)1-6(13,5(11)12)2-4(9)10/h5-10,15-16,30H,11-14,17-18H2,1-4H3;13H,1-2H2,(H,7,8)(H,9,10)(H,11,12). The van der Waals surface area contributed by atoms with Gasteiger partial charge in [0.05, 0.1) is 44.9 Å². The number of aliphatic carboxylic acids is 3. The van der Waals surface area contributed by atoms with Crippen LogP contribution in [-0.4, -0.2) is 91.0 Å². The van der Waals surface area contributed by atoms with Gasteiger partial charge in [-0.1, -0.05) is 24.3 Å². The van der Waals surface area contributed by atoms with Crippen molar-refractivity contribution in [2.75, 3.05) is 27.3 Å². The minimum absolute atomic E-state index is 0.683. The fraction of sp³-hybridized carbons (Fsp3) is 0.438. The van der Waals surface area contributed by atoms with E-state index < -0.39 is 42.0 Å². The molecule has 0 spiro atoms. The van der Waals surface area contributed by atoms with Crippen molar-refractivity contribution in [1.82, 2.24) is 14.7 Å². The normalized spacial score (nSPS) is 14.6. The molecule has 0 atom stereocenters. The number of nitrogens with zero attached hydrogens (tertiary/aromatic N) is 3. The van der Waals surface area contributed by atoms with Crippen LogP contribution in [0.1, 0.15) is 53.8 Å². The fourth-order valence-corrected chi connectivity index (χ4v) is 5.40. The van der Waals surface area contributed by atoms with Crippen molar-refractivity contribution in [2.24, 2.45) is 0 Å². The Balaban J connectivity index is 0.000000360. The molecular weight excluding hydrogens is 586 g/mol. The van der Waals surface area contributed by atoms with Crippen LogP contribution in [0.4, 0.5) is 0 Å². The maximum Gasteiger partial charge on any atom is 0.336 e. The maximum atomic E-state index is 11.3. The fourth-order valence-electron chi connectivity index (χ4n) is 5.40. The highest BCUT2D eigenvalue weighted by Crippen LogP contribution is 2.38. The number of carbonyl (C=O) groups is 3. The average molecular weight is 628 g/mol. The number of likely N-dealkylation sites (tertiary alicyclic amines) is 1. The molecule has 1 aliphatic heterocycles. The highest BCUT2D eigenvalue weighted by atomic mass is 16.5. The van der Waals surface area contributed by atoms with Gasteiger partial charge in [0.15, 0.2) is 5.60 Å². The molecule has 0 saturated carbocycles. The van der Waals surface area contributed by atoms with Gasteiger partial charge < -0.3 is 35.0 Å². The Morgan fingerprint density at radius 1 is 0.889 bits per heavy atom. The van der Waals surface area contributed by atoms with Crippen LogP contribution in [0.2, 0.25) is 0 Å². The zero-order valence-corrected chi connectivity index (χ0v) is 25.9. The molecule has 13 nitrogen and oxygen atoms in total. The molecule has 2 heterocycles. The zero-order chi connectivity index (χ0) is 33.4. The van der Waals surface area contributed by atoms with Crippen molar-refractivity contribution in [3.63, 3.8) is 0 Å². The molecule has 1 saturated heterocycles. The van der Waals surface area contributed by atoms with Crippen molar-refractivity contribution in [2.45, 2.75) is 63.8 Å². The number of hydrogen-bond donors (Lipinski definition) is 5. The number of methoxy groups -OCH3 is 2. The Hall–Kier alpha value is -4.46. The molecular formula is C32H41N3O10. The predicted molar refractivity (Wildman–Crippen MR) is 162 cm³/mol. The number of aliphatic hydroxyl groups is 2. The number of benzene rings is 2. The van der Waals surface area contributed by atoms with E-state index in [1.807, 2.05) is 41.9 Å². The Kier molecular flexibility index (Phi) is 11.7. The first-order valence-corrected chi connectivity index (χ1v) is 14.3. The van der Waals surface area contributed by atoms with Gasteiger partial charge in [-0.15, -0.1) is 0 Å². The second kappa shape index (κ2) is 15.0. The lowest BCUT2D eigenvalue weighted by atomic mass is 9.83. The molecule has 0 radical (unpaired) electrons. The summed E-state index contributed by atoms with van der Waals surface area (Å²) in [6.07, 6.45) is -0.923. The van der Waals surface area contributed by atoms with Gasteiger partial charge in [0.25, 0.3) is 0 Å². The number of piperidine rings is 1. The quantitative estimate of drug-likeness (QED) is 0.198. The van der Waals surface area contributed by atoms with E-state index in [0.717, 1.165) is 53.6 Å². The summed E-state index contributed by atoms with van der Waals surface area (Å²) in [7, 11) is 3.37. The van der Waals surface area contributed by atoms with Gasteiger partial charge in [0.1, 0.15) is 11.5 Å². The van der Waals surface area contributed by atoms with Gasteiger partial charge in [-0.25, -0.2) is 4.79 Å². The van der Waals surface area contributed by atoms with Crippen LogP contribution >= 0.6 is 0 Å². The topological polar surface area (TPSA) is 192 Å². The molecule has 0 amide bonds. The number of aromatic nitrogens is 2. The molecule has 0 unspecified atom stereocenters. The lowest BCUT2D eigenvalue weighted by molar-refractivity contribution is -0.170. The Morgan fingerprint density at radius 3 is 2.00 bits per heavy atom. The van der Waals surface area contributed by atoms with Gasteiger partial charge >= 0.3 is 17.9 Å². The number of hydrogen-bond acceptors (Lipinski definition) is 9. The largest absolute Gasteiger partial charge is 0.496 e. The summed E-state index contributed by atoms with van der Waals surface area (Å²) < 4.78 is 13.1. The van der Waals surface area contributed by atoms with Crippen LogP contribution < -0.4 is 9.47 Å². The molecule has 1 aliphatic rings. The van der Waals surface area contributed by atoms with Crippen molar-refractivity contribution in [1.29, 1.82) is 0 Å². The lowest BCUT2D eigenvalue weighted by Crippen LogP contribution is -2.42. The zero-order valence-electron chi connectivity index (χ0n) is 25.9.